The first kappa shape index (κ1) is 20.9. The Bertz CT molecular complexity index is 442. The van der Waals surface area contributed by atoms with Gasteiger partial charge in [0.05, 0.1) is 13.2 Å². The zero-order chi connectivity index (χ0) is 18.2. The highest BCUT2D eigenvalue weighted by molar-refractivity contribution is 5.90. The fourth-order valence-corrected chi connectivity index (χ4v) is 1.62. The first-order valence-electron chi connectivity index (χ1n) is 7.18. The Morgan fingerprint density at radius 3 is 2.22 bits per heavy atom. The Hall–Kier alpha value is -2.09. The number of aliphatic hydroxyl groups is 1. The van der Waals surface area contributed by atoms with Crippen molar-refractivity contribution in [2.45, 2.75) is 57.9 Å². The van der Waals surface area contributed by atoms with Crippen LogP contribution in [0.5, 0.6) is 0 Å². The number of ether oxygens (including phenoxy) is 2. The second kappa shape index (κ2) is 9.14. The van der Waals surface area contributed by atoms with Crippen molar-refractivity contribution in [1.29, 1.82) is 0 Å². The third-order valence-corrected chi connectivity index (χ3v) is 2.64. The van der Waals surface area contributed by atoms with E-state index in [0.29, 0.717) is 0 Å². The largest absolute Gasteiger partial charge is 0.467 e. The van der Waals surface area contributed by atoms with Gasteiger partial charge < -0.3 is 25.2 Å². The van der Waals surface area contributed by atoms with Gasteiger partial charge in [-0.15, -0.1) is 6.58 Å². The van der Waals surface area contributed by atoms with Gasteiger partial charge in [-0.05, 0) is 34.1 Å². The quantitative estimate of drug-likeness (QED) is 0.462. The summed E-state index contributed by atoms with van der Waals surface area (Å²) in [5.74, 6) is -1.39. The number of amides is 2. The standard InChI is InChI=1S/C15H26N2O6/c1-7-8-10(13(20)22-6)16-12(19)11(9(2)18)17-14(21)23-15(3,4)5/h7,9-11,18H,1,8H2,2-6H3,(H,16,19)(H,17,21)/t9-,10-,11+/m0/s1. The molecule has 0 aliphatic rings. The molecule has 0 aromatic rings. The van der Waals surface area contributed by atoms with Crippen molar-refractivity contribution in [2.24, 2.45) is 0 Å². The number of hydrogen-bond donors (Lipinski definition) is 3. The van der Waals surface area contributed by atoms with Gasteiger partial charge in [0.25, 0.3) is 0 Å². The lowest BCUT2D eigenvalue weighted by Gasteiger charge is -2.25. The molecule has 8 nitrogen and oxygen atoms in total. The summed E-state index contributed by atoms with van der Waals surface area (Å²) in [4.78, 5) is 35.5. The first-order chi connectivity index (χ1) is 10.5. The van der Waals surface area contributed by atoms with E-state index >= 15 is 0 Å². The Labute approximate surface area is 136 Å². The van der Waals surface area contributed by atoms with Crippen LogP contribution in [0.4, 0.5) is 4.79 Å². The SMILES string of the molecule is C=CC[C@H](NC(=O)[C@H](NC(=O)OC(C)(C)C)[C@H](C)O)C(=O)OC. The van der Waals surface area contributed by atoms with E-state index in [1.54, 1.807) is 20.8 Å². The lowest BCUT2D eigenvalue weighted by Crippen LogP contribution is -2.56. The third-order valence-electron chi connectivity index (χ3n) is 2.64. The molecule has 0 heterocycles. The molecule has 3 atom stereocenters. The van der Waals surface area contributed by atoms with Crippen LogP contribution < -0.4 is 10.6 Å². The Morgan fingerprint density at radius 2 is 1.83 bits per heavy atom. The van der Waals surface area contributed by atoms with Gasteiger partial charge in [-0.25, -0.2) is 9.59 Å². The monoisotopic (exact) mass is 330 g/mol. The highest BCUT2D eigenvalue weighted by Crippen LogP contribution is 2.07. The number of aliphatic hydroxyl groups excluding tert-OH is 1. The predicted octanol–water partition coefficient (Wildman–Crippen LogP) is 0.494. The molecule has 0 fully saturated rings. The summed E-state index contributed by atoms with van der Waals surface area (Å²) in [6.45, 7) is 9.83. The molecule has 0 spiro atoms. The van der Waals surface area contributed by atoms with Crippen LogP contribution in [0.2, 0.25) is 0 Å². The molecule has 0 bridgehead atoms. The molecule has 0 aromatic carbocycles. The maximum absolute atomic E-state index is 12.2. The van der Waals surface area contributed by atoms with E-state index in [4.69, 9.17) is 4.74 Å². The molecular formula is C15H26N2O6. The van der Waals surface area contributed by atoms with E-state index in [0.717, 1.165) is 0 Å². The Morgan fingerprint density at radius 1 is 1.26 bits per heavy atom. The van der Waals surface area contributed by atoms with Gasteiger partial charge >= 0.3 is 12.1 Å². The molecule has 0 aliphatic carbocycles. The summed E-state index contributed by atoms with van der Waals surface area (Å²) < 4.78 is 9.62. The van der Waals surface area contributed by atoms with Crippen LogP contribution in [0.3, 0.4) is 0 Å². The summed E-state index contributed by atoms with van der Waals surface area (Å²) in [5.41, 5.74) is -0.749. The van der Waals surface area contributed by atoms with Crippen molar-refractivity contribution in [2.75, 3.05) is 7.11 Å². The number of carbonyl (C=O) groups is 3. The van der Waals surface area contributed by atoms with Crippen LogP contribution in [0.15, 0.2) is 12.7 Å². The molecule has 132 valence electrons. The summed E-state index contributed by atoms with van der Waals surface area (Å²) in [5, 5.41) is 14.4. The second-order valence-electron chi connectivity index (χ2n) is 5.97. The van der Waals surface area contributed by atoms with Gasteiger partial charge in [-0.2, -0.15) is 0 Å². The number of esters is 1. The van der Waals surface area contributed by atoms with Gasteiger partial charge in [-0.3, -0.25) is 4.79 Å². The molecule has 0 aliphatic heterocycles. The lowest BCUT2D eigenvalue weighted by molar-refractivity contribution is -0.145. The Balaban J connectivity index is 4.94. The summed E-state index contributed by atoms with van der Waals surface area (Å²) in [7, 11) is 1.19. The molecule has 0 radical (unpaired) electrons. The minimum atomic E-state index is -1.28. The van der Waals surface area contributed by atoms with Gasteiger partial charge in [-0.1, -0.05) is 6.08 Å². The number of carbonyl (C=O) groups excluding carboxylic acids is 3. The minimum absolute atomic E-state index is 0.150. The molecule has 0 saturated heterocycles. The molecule has 3 N–H and O–H groups in total. The van der Waals surface area contributed by atoms with Crippen LogP contribution >= 0.6 is 0 Å². The van der Waals surface area contributed by atoms with Crippen LogP contribution in [-0.4, -0.2) is 54.0 Å². The van der Waals surface area contributed by atoms with E-state index in [-0.39, 0.29) is 6.42 Å². The summed E-state index contributed by atoms with van der Waals surface area (Å²) >= 11 is 0. The molecule has 0 aromatic heterocycles. The smallest absolute Gasteiger partial charge is 0.408 e. The number of nitrogens with one attached hydrogen (secondary N) is 2. The van der Waals surface area contributed by atoms with Crippen LogP contribution in [0, 0.1) is 0 Å². The van der Waals surface area contributed by atoms with E-state index in [9.17, 15) is 19.5 Å². The zero-order valence-electron chi connectivity index (χ0n) is 14.2. The fourth-order valence-electron chi connectivity index (χ4n) is 1.62. The summed E-state index contributed by atoms with van der Waals surface area (Å²) in [6.07, 6.45) is -0.445. The highest BCUT2D eigenvalue weighted by Gasteiger charge is 2.31. The van der Waals surface area contributed by atoms with Gasteiger partial charge in [0.15, 0.2) is 0 Å². The zero-order valence-corrected chi connectivity index (χ0v) is 14.2. The molecule has 0 unspecified atom stereocenters. The maximum Gasteiger partial charge on any atom is 0.408 e. The number of rotatable bonds is 7. The molecule has 0 saturated carbocycles. The van der Waals surface area contributed by atoms with E-state index in [1.807, 2.05) is 0 Å². The molecule has 2 amide bonds. The third kappa shape index (κ3) is 8.20. The number of methoxy groups -OCH3 is 1. The maximum atomic E-state index is 12.2. The normalized spacial score (nSPS) is 14.9. The van der Waals surface area contributed by atoms with E-state index < -0.39 is 41.8 Å². The van der Waals surface area contributed by atoms with Crippen molar-refractivity contribution in [1.82, 2.24) is 10.6 Å². The van der Waals surface area contributed by atoms with Crippen LogP contribution in [-0.2, 0) is 19.1 Å². The van der Waals surface area contributed by atoms with Crippen molar-refractivity contribution < 1.29 is 29.0 Å². The lowest BCUT2D eigenvalue weighted by atomic mass is 10.1. The number of hydrogen-bond acceptors (Lipinski definition) is 6. The molecule has 0 rings (SSSR count). The minimum Gasteiger partial charge on any atom is -0.467 e. The topological polar surface area (TPSA) is 114 Å². The van der Waals surface area contributed by atoms with Crippen molar-refractivity contribution in [3.63, 3.8) is 0 Å². The van der Waals surface area contributed by atoms with Gasteiger partial charge in [0, 0.05) is 0 Å². The molecule has 8 heteroatoms. The predicted molar refractivity (Wildman–Crippen MR) is 83.6 cm³/mol. The van der Waals surface area contributed by atoms with Gasteiger partial charge in [0.1, 0.15) is 17.7 Å². The van der Waals surface area contributed by atoms with E-state index in [1.165, 1.54) is 20.1 Å². The average molecular weight is 330 g/mol. The van der Waals surface area contributed by atoms with Crippen LogP contribution in [0.25, 0.3) is 0 Å². The average Bonchev–Trinajstić information content (AvgIpc) is 2.41. The molecular weight excluding hydrogens is 304 g/mol. The fraction of sp³-hybridized carbons (Fsp3) is 0.667. The van der Waals surface area contributed by atoms with Crippen molar-refractivity contribution in [3.8, 4) is 0 Å². The first-order valence-corrected chi connectivity index (χ1v) is 7.18. The summed E-state index contributed by atoms with van der Waals surface area (Å²) in [6, 6.07) is -2.23. The van der Waals surface area contributed by atoms with Crippen molar-refractivity contribution >= 4 is 18.0 Å². The van der Waals surface area contributed by atoms with Gasteiger partial charge in [0.2, 0.25) is 5.91 Å². The molecule has 23 heavy (non-hydrogen) atoms. The van der Waals surface area contributed by atoms with E-state index in [2.05, 4.69) is 21.9 Å². The van der Waals surface area contributed by atoms with Crippen molar-refractivity contribution in [3.05, 3.63) is 12.7 Å². The Kier molecular flexibility index (Phi) is 8.31. The second-order valence-corrected chi connectivity index (χ2v) is 5.97. The number of alkyl carbamates (subject to hydrolysis) is 1. The van der Waals surface area contributed by atoms with Crippen LogP contribution in [0.1, 0.15) is 34.1 Å². The highest BCUT2D eigenvalue weighted by atomic mass is 16.6.